The zero-order valence-corrected chi connectivity index (χ0v) is 10.3. The largest absolute Gasteiger partial charge is 0.388 e. The van der Waals surface area contributed by atoms with Gasteiger partial charge in [0, 0.05) is 13.2 Å². The molecule has 0 saturated carbocycles. The average molecular weight is 241 g/mol. The fourth-order valence-corrected chi connectivity index (χ4v) is 1.89. The van der Waals surface area contributed by atoms with E-state index in [1.165, 1.54) is 0 Å². The molecule has 17 heavy (non-hydrogen) atoms. The van der Waals surface area contributed by atoms with Gasteiger partial charge in [-0.05, 0) is 26.7 Å². The SMILES string of the molecule is CC(O)(CN)Cc1nc(C2(C)CCCO2)no1. The van der Waals surface area contributed by atoms with Crippen LogP contribution < -0.4 is 5.73 Å². The standard InChI is InChI=1S/C11H19N3O3/c1-10(15,7-12)6-8-13-9(14-17-8)11(2)4-3-5-16-11/h15H,3-7,12H2,1-2H3. The van der Waals surface area contributed by atoms with Gasteiger partial charge < -0.3 is 20.1 Å². The van der Waals surface area contributed by atoms with E-state index in [4.69, 9.17) is 15.0 Å². The van der Waals surface area contributed by atoms with E-state index >= 15 is 0 Å². The van der Waals surface area contributed by atoms with Crippen molar-refractivity contribution in [1.29, 1.82) is 0 Å². The van der Waals surface area contributed by atoms with Crippen LogP contribution in [-0.4, -0.2) is 34.0 Å². The molecule has 96 valence electrons. The van der Waals surface area contributed by atoms with E-state index in [9.17, 15) is 5.11 Å². The van der Waals surface area contributed by atoms with Crippen molar-refractivity contribution in [2.24, 2.45) is 5.73 Å². The van der Waals surface area contributed by atoms with Crippen molar-refractivity contribution in [3.05, 3.63) is 11.7 Å². The maximum atomic E-state index is 9.83. The molecule has 0 spiro atoms. The zero-order chi connectivity index (χ0) is 12.5. The fraction of sp³-hybridized carbons (Fsp3) is 0.818. The summed E-state index contributed by atoms with van der Waals surface area (Å²) < 4.78 is 10.7. The van der Waals surface area contributed by atoms with E-state index in [1.54, 1.807) is 6.92 Å². The van der Waals surface area contributed by atoms with E-state index in [0.29, 0.717) is 11.7 Å². The van der Waals surface area contributed by atoms with E-state index < -0.39 is 11.2 Å². The van der Waals surface area contributed by atoms with Crippen molar-refractivity contribution in [3.8, 4) is 0 Å². The molecule has 1 aliphatic heterocycles. The molecule has 3 N–H and O–H groups in total. The van der Waals surface area contributed by atoms with Crippen molar-refractivity contribution in [2.75, 3.05) is 13.2 Å². The quantitative estimate of drug-likeness (QED) is 0.789. The number of aliphatic hydroxyl groups is 1. The lowest BCUT2D eigenvalue weighted by Gasteiger charge is -2.18. The summed E-state index contributed by atoms with van der Waals surface area (Å²) in [4.78, 5) is 4.28. The highest BCUT2D eigenvalue weighted by Gasteiger charge is 2.37. The van der Waals surface area contributed by atoms with Gasteiger partial charge in [-0.2, -0.15) is 4.98 Å². The maximum Gasteiger partial charge on any atom is 0.229 e. The average Bonchev–Trinajstić information content (AvgIpc) is 2.88. The number of nitrogens with two attached hydrogens (primary N) is 1. The fourth-order valence-electron chi connectivity index (χ4n) is 1.89. The van der Waals surface area contributed by atoms with E-state index in [2.05, 4.69) is 10.1 Å². The third-order valence-corrected chi connectivity index (χ3v) is 3.13. The molecule has 2 unspecified atom stereocenters. The van der Waals surface area contributed by atoms with Gasteiger partial charge in [0.15, 0.2) is 0 Å². The topological polar surface area (TPSA) is 94.4 Å². The minimum absolute atomic E-state index is 0.151. The van der Waals surface area contributed by atoms with Crippen LogP contribution in [-0.2, 0) is 16.8 Å². The summed E-state index contributed by atoms with van der Waals surface area (Å²) in [5.74, 6) is 0.949. The van der Waals surface area contributed by atoms with Crippen LogP contribution in [0.15, 0.2) is 4.52 Å². The zero-order valence-electron chi connectivity index (χ0n) is 10.3. The molecule has 1 aromatic rings. The highest BCUT2D eigenvalue weighted by Crippen LogP contribution is 2.33. The monoisotopic (exact) mass is 241 g/mol. The first kappa shape index (κ1) is 12.5. The second kappa shape index (κ2) is 4.36. The maximum absolute atomic E-state index is 9.83. The summed E-state index contributed by atoms with van der Waals surface area (Å²) in [6, 6.07) is 0. The van der Waals surface area contributed by atoms with Gasteiger partial charge in [-0.15, -0.1) is 0 Å². The third kappa shape index (κ3) is 2.65. The van der Waals surface area contributed by atoms with E-state index in [-0.39, 0.29) is 13.0 Å². The van der Waals surface area contributed by atoms with Crippen LogP contribution >= 0.6 is 0 Å². The predicted molar refractivity (Wildman–Crippen MR) is 60.2 cm³/mol. The molecule has 0 radical (unpaired) electrons. The van der Waals surface area contributed by atoms with Gasteiger partial charge in [-0.3, -0.25) is 0 Å². The van der Waals surface area contributed by atoms with Gasteiger partial charge in [-0.1, -0.05) is 5.16 Å². The Labute approximate surface area is 100 Å². The van der Waals surface area contributed by atoms with Crippen LogP contribution in [0.5, 0.6) is 0 Å². The second-order valence-electron chi connectivity index (χ2n) is 5.07. The van der Waals surface area contributed by atoms with Gasteiger partial charge in [0.2, 0.25) is 11.7 Å². The Morgan fingerprint density at radius 3 is 2.94 bits per heavy atom. The molecular weight excluding hydrogens is 222 g/mol. The Kier molecular flexibility index (Phi) is 3.20. The van der Waals surface area contributed by atoms with Crippen LogP contribution in [0.3, 0.4) is 0 Å². The highest BCUT2D eigenvalue weighted by molar-refractivity contribution is 5.02. The number of ether oxygens (including phenoxy) is 1. The summed E-state index contributed by atoms with van der Waals surface area (Å²) >= 11 is 0. The summed E-state index contributed by atoms with van der Waals surface area (Å²) in [5, 5.41) is 13.8. The Bertz CT molecular complexity index is 383. The summed E-state index contributed by atoms with van der Waals surface area (Å²) in [5.41, 5.74) is 3.98. The molecule has 0 aliphatic carbocycles. The third-order valence-electron chi connectivity index (χ3n) is 3.13. The Balaban J connectivity index is 2.11. The smallest absolute Gasteiger partial charge is 0.229 e. The minimum Gasteiger partial charge on any atom is -0.388 e. The Morgan fingerprint density at radius 2 is 2.35 bits per heavy atom. The molecule has 2 atom stereocenters. The second-order valence-corrected chi connectivity index (χ2v) is 5.07. The number of hydrogen-bond acceptors (Lipinski definition) is 6. The summed E-state index contributed by atoms with van der Waals surface area (Å²) in [7, 11) is 0. The summed E-state index contributed by atoms with van der Waals surface area (Å²) in [6.07, 6.45) is 2.15. The van der Waals surface area contributed by atoms with Crippen LogP contribution in [0.2, 0.25) is 0 Å². The summed E-state index contributed by atoms with van der Waals surface area (Å²) in [6.45, 7) is 4.47. The van der Waals surface area contributed by atoms with Crippen molar-refractivity contribution in [2.45, 2.75) is 44.3 Å². The lowest BCUT2D eigenvalue weighted by molar-refractivity contribution is 0.00768. The molecule has 1 saturated heterocycles. The van der Waals surface area contributed by atoms with Gasteiger partial charge in [-0.25, -0.2) is 0 Å². The molecule has 1 aliphatic rings. The van der Waals surface area contributed by atoms with Crippen LogP contribution in [0.25, 0.3) is 0 Å². The minimum atomic E-state index is -1.01. The molecule has 0 aromatic carbocycles. The van der Waals surface area contributed by atoms with E-state index in [0.717, 1.165) is 19.4 Å². The van der Waals surface area contributed by atoms with E-state index in [1.807, 2.05) is 6.92 Å². The molecular formula is C11H19N3O3. The molecule has 6 nitrogen and oxygen atoms in total. The molecule has 0 bridgehead atoms. The number of aromatic nitrogens is 2. The van der Waals surface area contributed by atoms with Crippen LogP contribution in [0, 0.1) is 0 Å². The first-order valence-corrected chi connectivity index (χ1v) is 5.85. The number of hydrogen-bond donors (Lipinski definition) is 2. The molecule has 2 rings (SSSR count). The molecule has 0 amide bonds. The van der Waals surface area contributed by atoms with Crippen molar-refractivity contribution in [1.82, 2.24) is 10.1 Å². The van der Waals surface area contributed by atoms with Crippen LogP contribution in [0.1, 0.15) is 38.4 Å². The van der Waals surface area contributed by atoms with Gasteiger partial charge >= 0.3 is 0 Å². The highest BCUT2D eigenvalue weighted by atomic mass is 16.5. The molecule has 1 aromatic heterocycles. The predicted octanol–water partition coefficient (Wildman–Crippen LogP) is 0.347. The van der Waals surface area contributed by atoms with Gasteiger partial charge in [0.25, 0.3) is 0 Å². The lowest BCUT2D eigenvalue weighted by Crippen LogP contribution is -2.36. The number of nitrogens with zero attached hydrogens (tertiary/aromatic N) is 2. The molecule has 6 heteroatoms. The Morgan fingerprint density at radius 1 is 1.59 bits per heavy atom. The normalized spacial score (nSPS) is 28.2. The first-order valence-electron chi connectivity index (χ1n) is 5.85. The van der Waals surface area contributed by atoms with Gasteiger partial charge in [0.05, 0.1) is 12.0 Å². The first-order chi connectivity index (χ1) is 7.95. The lowest BCUT2D eigenvalue weighted by atomic mass is 10.0. The van der Waals surface area contributed by atoms with Crippen molar-refractivity contribution < 1.29 is 14.4 Å². The molecule has 2 heterocycles. The molecule has 1 fully saturated rings. The van der Waals surface area contributed by atoms with Crippen LogP contribution in [0.4, 0.5) is 0 Å². The number of rotatable bonds is 4. The Hall–Kier alpha value is -0.980. The van der Waals surface area contributed by atoms with Crippen molar-refractivity contribution >= 4 is 0 Å². The van der Waals surface area contributed by atoms with Gasteiger partial charge in [0.1, 0.15) is 5.60 Å². The van der Waals surface area contributed by atoms with Crippen molar-refractivity contribution in [3.63, 3.8) is 0 Å².